The number of rotatable bonds is 2. The molecule has 1 aliphatic rings. The maximum atomic E-state index is 12.9. The highest BCUT2D eigenvalue weighted by Gasteiger charge is 2.27. The zero-order valence-corrected chi connectivity index (χ0v) is 9.78. The lowest BCUT2D eigenvalue weighted by Crippen LogP contribution is -1.93. The maximum Gasteiger partial charge on any atom is 0.123 e. The van der Waals surface area contributed by atoms with Gasteiger partial charge >= 0.3 is 0 Å². The van der Waals surface area contributed by atoms with E-state index < -0.39 is 0 Å². The van der Waals surface area contributed by atoms with E-state index in [1.165, 1.54) is 30.5 Å². The van der Waals surface area contributed by atoms with Gasteiger partial charge < -0.3 is 0 Å². The minimum atomic E-state index is -0.200. The normalized spacial score (nSPS) is 14.9. The molecule has 2 heteroatoms. The number of aromatic nitrogens is 1. The van der Waals surface area contributed by atoms with Gasteiger partial charge in [0.2, 0.25) is 0 Å². The number of pyridine rings is 1. The number of benzene rings is 1. The van der Waals surface area contributed by atoms with Gasteiger partial charge in [0.25, 0.3) is 0 Å². The van der Waals surface area contributed by atoms with Crippen molar-refractivity contribution in [2.45, 2.75) is 25.7 Å². The number of halogens is 1. The van der Waals surface area contributed by atoms with Gasteiger partial charge in [-0.3, -0.25) is 4.98 Å². The lowest BCUT2D eigenvalue weighted by molar-refractivity contribution is 0.628. The molecule has 2 aromatic rings. The Bertz CT molecular complexity index is 541. The molecule has 1 saturated carbocycles. The standard InChI is InChI=1S/C15H14FN/c1-10-2-9-14(11-3-4-11)15(17-10)12-5-7-13(16)8-6-12/h2,5-9,11H,3-4H2,1H3. The molecule has 0 unspecified atom stereocenters. The van der Waals surface area contributed by atoms with Gasteiger partial charge in [-0.1, -0.05) is 6.07 Å². The summed E-state index contributed by atoms with van der Waals surface area (Å²) in [5.41, 5.74) is 4.35. The first-order valence-corrected chi connectivity index (χ1v) is 5.97. The lowest BCUT2D eigenvalue weighted by atomic mass is 10.0. The largest absolute Gasteiger partial charge is 0.253 e. The van der Waals surface area contributed by atoms with Gasteiger partial charge in [-0.2, -0.15) is 0 Å². The molecule has 1 aromatic carbocycles. The van der Waals surface area contributed by atoms with Crippen molar-refractivity contribution < 1.29 is 4.39 Å². The summed E-state index contributed by atoms with van der Waals surface area (Å²) in [6.07, 6.45) is 2.50. The number of hydrogen-bond acceptors (Lipinski definition) is 1. The van der Waals surface area contributed by atoms with Crippen molar-refractivity contribution in [2.75, 3.05) is 0 Å². The third-order valence-electron chi connectivity index (χ3n) is 3.20. The Morgan fingerprint density at radius 2 is 1.76 bits per heavy atom. The Morgan fingerprint density at radius 1 is 1.06 bits per heavy atom. The quantitative estimate of drug-likeness (QED) is 0.753. The van der Waals surface area contributed by atoms with Crippen LogP contribution in [-0.2, 0) is 0 Å². The first-order valence-electron chi connectivity index (χ1n) is 5.97. The number of aryl methyl sites for hydroxylation is 1. The zero-order valence-electron chi connectivity index (χ0n) is 9.78. The molecule has 1 fully saturated rings. The van der Waals surface area contributed by atoms with E-state index >= 15 is 0 Å². The topological polar surface area (TPSA) is 12.9 Å². The fourth-order valence-electron chi connectivity index (χ4n) is 2.13. The van der Waals surface area contributed by atoms with Gasteiger partial charge in [-0.15, -0.1) is 0 Å². The molecule has 0 spiro atoms. The third kappa shape index (κ3) is 2.07. The SMILES string of the molecule is Cc1ccc(C2CC2)c(-c2ccc(F)cc2)n1. The van der Waals surface area contributed by atoms with Crippen LogP contribution in [0.15, 0.2) is 36.4 Å². The van der Waals surface area contributed by atoms with Crippen LogP contribution in [0.3, 0.4) is 0 Å². The first-order chi connectivity index (χ1) is 8.24. The highest BCUT2D eigenvalue weighted by Crippen LogP contribution is 2.43. The summed E-state index contributed by atoms with van der Waals surface area (Å²) in [6, 6.07) is 10.8. The van der Waals surface area contributed by atoms with Crippen molar-refractivity contribution >= 4 is 0 Å². The summed E-state index contributed by atoms with van der Waals surface area (Å²) in [6.45, 7) is 1.99. The smallest absolute Gasteiger partial charge is 0.123 e. The highest BCUT2D eigenvalue weighted by molar-refractivity contribution is 5.64. The van der Waals surface area contributed by atoms with Crippen LogP contribution in [-0.4, -0.2) is 4.98 Å². The highest BCUT2D eigenvalue weighted by atomic mass is 19.1. The molecular weight excluding hydrogens is 213 g/mol. The Hall–Kier alpha value is -1.70. The predicted octanol–water partition coefficient (Wildman–Crippen LogP) is 4.07. The Morgan fingerprint density at radius 3 is 2.41 bits per heavy atom. The molecule has 0 aliphatic heterocycles. The lowest BCUT2D eigenvalue weighted by Gasteiger charge is -2.09. The fourth-order valence-corrected chi connectivity index (χ4v) is 2.13. The molecule has 0 atom stereocenters. The van der Waals surface area contributed by atoms with E-state index in [9.17, 15) is 4.39 Å². The van der Waals surface area contributed by atoms with E-state index in [2.05, 4.69) is 17.1 Å². The van der Waals surface area contributed by atoms with Gasteiger partial charge in [0.15, 0.2) is 0 Å². The summed E-state index contributed by atoms with van der Waals surface area (Å²) in [7, 11) is 0. The molecule has 0 bridgehead atoms. The summed E-state index contributed by atoms with van der Waals surface area (Å²) in [4.78, 5) is 4.61. The molecule has 1 heterocycles. The summed E-state index contributed by atoms with van der Waals surface area (Å²) in [5, 5.41) is 0. The Labute approximate surface area is 100 Å². The van der Waals surface area contributed by atoms with Crippen LogP contribution in [0.25, 0.3) is 11.3 Å². The van der Waals surface area contributed by atoms with Crippen LogP contribution in [0, 0.1) is 12.7 Å². The van der Waals surface area contributed by atoms with Crippen molar-refractivity contribution in [2.24, 2.45) is 0 Å². The minimum absolute atomic E-state index is 0.200. The van der Waals surface area contributed by atoms with Crippen molar-refractivity contribution in [1.82, 2.24) is 4.98 Å². The van der Waals surface area contributed by atoms with Gasteiger partial charge in [-0.25, -0.2) is 4.39 Å². The van der Waals surface area contributed by atoms with Crippen LogP contribution < -0.4 is 0 Å². The van der Waals surface area contributed by atoms with Gasteiger partial charge in [0.1, 0.15) is 5.82 Å². The van der Waals surface area contributed by atoms with Crippen molar-refractivity contribution in [3.63, 3.8) is 0 Å². The molecule has 1 nitrogen and oxygen atoms in total. The van der Waals surface area contributed by atoms with Crippen LogP contribution in [0.5, 0.6) is 0 Å². The van der Waals surface area contributed by atoms with Gasteiger partial charge in [-0.05, 0) is 61.6 Å². The van der Waals surface area contributed by atoms with Crippen LogP contribution in [0.1, 0.15) is 30.0 Å². The predicted molar refractivity (Wildman–Crippen MR) is 66.3 cm³/mol. The average Bonchev–Trinajstić information content (AvgIpc) is 3.14. The summed E-state index contributed by atoms with van der Waals surface area (Å²) < 4.78 is 12.9. The maximum absolute atomic E-state index is 12.9. The monoisotopic (exact) mass is 227 g/mol. The molecule has 0 saturated heterocycles. The summed E-state index contributed by atoms with van der Waals surface area (Å²) >= 11 is 0. The second-order valence-electron chi connectivity index (χ2n) is 4.67. The number of nitrogens with zero attached hydrogens (tertiary/aromatic N) is 1. The zero-order chi connectivity index (χ0) is 11.8. The van der Waals surface area contributed by atoms with Crippen LogP contribution in [0.4, 0.5) is 4.39 Å². The van der Waals surface area contributed by atoms with E-state index in [4.69, 9.17) is 0 Å². The second kappa shape index (κ2) is 3.95. The molecule has 1 aliphatic carbocycles. The average molecular weight is 227 g/mol. The van der Waals surface area contributed by atoms with E-state index in [0.717, 1.165) is 17.0 Å². The van der Waals surface area contributed by atoms with Crippen LogP contribution in [0.2, 0.25) is 0 Å². The number of hydrogen-bond donors (Lipinski definition) is 0. The Balaban J connectivity index is 2.11. The molecular formula is C15H14FN. The van der Waals surface area contributed by atoms with Gasteiger partial charge in [0.05, 0.1) is 5.69 Å². The molecule has 0 amide bonds. The van der Waals surface area contributed by atoms with E-state index in [1.807, 2.05) is 19.1 Å². The molecule has 86 valence electrons. The minimum Gasteiger partial charge on any atom is -0.253 e. The Kier molecular flexibility index (Phi) is 2.43. The van der Waals surface area contributed by atoms with Crippen molar-refractivity contribution in [3.8, 4) is 11.3 Å². The molecule has 0 radical (unpaired) electrons. The molecule has 1 aromatic heterocycles. The molecule has 0 N–H and O–H groups in total. The van der Waals surface area contributed by atoms with Crippen molar-refractivity contribution in [1.29, 1.82) is 0 Å². The molecule has 17 heavy (non-hydrogen) atoms. The van der Waals surface area contributed by atoms with E-state index in [0.29, 0.717) is 5.92 Å². The fraction of sp³-hybridized carbons (Fsp3) is 0.267. The molecule has 3 rings (SSSR count). The summed E-state index contributed by atoms with van der Waals surface area (Å²) in [5.74, 6) is 0.456. The third-order valence-corrected chi connectivity index (χ3v) is 3.20. The second-order valence-corrected chi connectivity index (χ2v) is 4.67. The first kappa shape index (κ1) is 10.5. The van der Waals surface area contributed by atoms with Crippen molar-refractivity contribution in [3.05, 3.63) is 53.5 Å². The van der Waals surface area contributed by atoms with E-state index in [-0.39, 0.29) is 5.82 Å². The van der Waals surface area contributed by atoms with E-state index in [1.54, 1.807) is 0 Å². The van der Waals surface area contributed by atoms with Gasteiger partial charge in [0, 0.05) is 11.3 Å². The van der Waals surface area contributed by atoms with Crippen LogP contribution >= 0.6 is 0 Å².